The molecule has 0 N–H and O–H groups in total. The van der Waals surface area contributed by atoms with Crippen LogP contribution in [-0.4, -0.2) is 31.2 Å². The van der Waals surface area contributed by atoms with E-state index < -0.39 is 30.9 Å². The van der Waals surface area contributed by atoms with Crippen LogP contribution in [0.5, 0.6) is 0 Å². The number of hydrogen-bond donors (Lipinski definition) is 0. The zero-order chi connectivity index (χ0) is 26.1. The highest BCUT2D eigenvalue weighted by Gasteiger charge is 2.71. The fourth-order valence-corrected chi connectivity index (χ4v) is 3.94. The zero-order valence-electron chi connectivity index (χ0n) is 21.5. The molecule has 1 nitrogen and oxygen atoms in total. The molecule has 0 aliphatic rings. The molecule has 8 heteroatoms. The SMILES string of the molecule is CC(C)(C)CCCOCCCCCCCCCCCCCCCCC(F)(C(F)(F)F)C(F)(F)F. The van der Waals surface area contributed by atoms with Gasteiger partial charge in [-0.2, -0.15) is 26.3 Å². The van der Waals surface area contributed by atoms with Crippen molar-refractivity contribution in [2.45, 2.75) is 148 Å². The Bertz CT molecular complexity index is 467. The Morgan fingerprint density at radius 1 is 0.412 bits per heavy atom. The zero-order valence-corrected chi connectivity index (χ0v) is 21.5. The number of rotatable bonds is 20. The van der Waals surface area contributed by atoms with E-state index in [1.54, 1.807) is 0 Å². The van der Waals surface area contributed by atoms with Gasteiger partial charge in [-0.15, -0.1) is 0 Å². The van der Waals surface area contributed by atoms with Crippen molar-refractivity contribution in [2.75, 3.05) is 13.2 Å². The molecule has 0 rings (SSSR count). The maximum atomic E-state index is 13.5. The standard InChI is InChI=1S/C26H47F7O/c1-23(2,3)19-18-22-34-21-17-15-13-11-9-7-5-4-6-8-10-12-14-16-20-24(27,25(28,29)30)26(31,32)33/h4-22H2,1-3H3. The third-order valence-corrected chi connectivity index (χ3v) is 6.17. The molecular weight excluding hydrogens is 461 g/mol. The van der Waals surface area contributed by atoms with Crippen molar-refractivity contribution in [3.05, 3.63) is 0 Å². The first-order valence-corrected chi connectivity index (χ1v) is 13.1. The topological polar surface area (TPSA) is 9.23 Å². The van der Waals surface area contributed by atoms with Gasteiger partial charge in [0.1, 0.15) is 0 Å². The van der Waals surface area contributed by atoms with E-state index in [1.165, 1.54) is 38.5 Å². The van der Waals surface area contributed by atoms with Crippen LogP contribution in [0.15, 0.2) is 0 Å². The van der Waals surface area contributed by atoms with Crippen molar-refractivity contribution in [1.82, 2.24) is 0 Å². The molecule has 0 amide bonds. The Hall–Kier alpha value is -0.530. The van der Waals surface area contributed by atoms with Crippen molar-refractivity contribution in [1.29, 1.82) is 0 Å². The highest BCUT2D eigenvalue weighted by molar-refractivity contribution is 4.94. The number of unbranched alkanes of at least 4 members (excludes halogenated alkanes) is 13. The molecule has 0 aliphatic heterocycles. The first-order chi connectivity index (χ1) is 15.7. The van der Waals surface area contributed by atoms with E-state index in [9.17, 15) is 30.7 Å². The van der Waals surface area contributed by atoms with Gasteiger partial charge < -0.3 is 4.74 Å². The van der Waals surface area contributed by atoms with Gasteiger partial charge in [-0.25, -0.2) is 4.39 Å². The molecule has 0 fully saturated rings. The van der Waals surface area contributed by atoms with Crippen LogP contribution in [0.25, 0.3) is 0 Å². The van der Waals surface area contributed by atoms with Crippen LogP contribution in [0.3, 0.4) is 0 Å². The second-order valence-electron chi connectivity index (χ2n) is 10.8. The average molecular weight is 509 g/mol. The van der Waals surface area contributed by atoms with Gasteiger partial charge in [0.2, 0.25) is 0 Å². The van der Waals surface area contributed by atoms with E-state index in [4.69, 9.17) is 4.74 Å². The van der Waals surface area contributed by atoms with E-state index in [-0.39, 0.29) is 6.42 Å². The summed E-state index contributed by atoms with van der Waals surface area (Å²) in [5.41, 5.74) is -4.72. The van der Waals surface area contributed by atoms with Crippen LogP contribution < -0.4 is 0 Å². The van der Waals surface area contributed by atoms with Gasteiger partial charge >= 0.3 is 12.4 Å². The van der Waals surface area contributed by atoms with Crippen molar-refractivity contribution in [3.63, 3.8) is 0 Å². The predicted octanol–water partition coefficient (Wildman–Crippen LogP) is 10.5. The number of hydrogen-bond acceptors (Lipinski definition) is 1. The van der Waals surface area contributed by atoms with E-state index >= 15 is 0 Å². The molecule has 0 atom stereocenters. The van der Waals surface area contributed by atoms with E-state index in [0.717, 1.165) is 58.2 Å². The molecule has 0 aliphatic carbocycles. The van der Waals surface area contributed by atoms with Crippen molar-refractivity contribution in [3.8, 4) is 0 Å². The summed E-state index contributed by atoms with van der Waals surface area (Å²) in [6, 6.07) is 0. The number of ether oxygens (including phenoxy) is 1. The minimum atomic E-state index is -5.93. The Balaban J connectivity index is 3.43. The lowest BCUT2D eigenvalue weighted by molar-refractivity contribution is -0.343. The summed E-state index contributed by atoms with van der Waals surface area (Å²) in [6.07, 6.45) is 1.33. The molecule has 0 aromatic rings. The molecule has 0 bridgehead atoms. The molecule has 0 heterocycles. The Morgan fingerprint density at radius 2 is 0.735 bits per heavy atom. The monoisotopic (exact) mass is 508 g/mol. The van der Waals surface area contributed by atoms with Gasteiger partial charge in [0, 0.05) is 13.2 Å². The molecule has 0 radical (unpaired) electrons. The van der Waals surface area contributed by atoms with Gasteiger partial charge in [0.05, 0.1) is 0 Å². The maximum absolute atomic E-state index is 13.5. The van der Waals surface area contributed by atoms with Gasteiger partial charge in [0.25, 0.3) is 5.67 Å². The molecule has 206 valence electrons. The molecule has 0 aromatic heterocycles. The summed E-state index contributed by atoms with van der Waals surface area (Å²) >= 11 is 0. The van der Waals surface area contributed by atoms with Crippen LogP contribution in [0, 0.1) is 5.41 Å². The minimum Gasteiger partial charge on any atom is -0.381 e. The molecule has 0 unspecified atom stereocenters. The van der Waals surface area contributed by atoms with Crippen molar-refractivity contribution < 1.29 is 35.5 Å². The van der Waals surface area contributed by atoms with Gasteiger partial charge in [0.15, 0.2) is 0 Å². The van der Waals surface area contributed by atoms with Crippen molar-refractivity contribution in [2.24, 2.45) is 5.41 Å². The number of halogens is 7. The molecule has 0 saturated heterocycles. The normalized spacial score (nSPS) is 13.6. The lowest BCUT2D eigenvalue weighted by Crippen LogP contribution is -2.53. The van der Waals surface area contributed by atoms with Crippen LogP contribution >= 0.6 is 0 Å². The number of alkyl halides is 7. The summed E-state index contributed by atoms with van der Waals surface area (Å²) in [6.45, 7) is 8.43. The molecule has 0 saturated carbocycles. The smallest absolute Gasteiger partial charge is 0.381 e. The van der Waals surface area contributed by atoms with Gasteiger partial charge in [-0.1, -0.05) is 97.8 Å². The summed E-state index contributed by atoms with van der Waals surface area (Å²) in [5.74, 6) is 0. The highest BCUT2D eigenvalue weighted by atomic mass is 19.4. The van der Waals surface area contributed by atoms with Crippen LogP contribution in [0.2, 0.25) is 0 Å². The molecular formula is C26H47F7O. The molecule has 0 aromatic carbocycles. The second kappa shape index (κ2) is 17.0. The Kier molecular flexibility index (Phi) is 16.8. The highest BCUT2D eigenvalue weighted by Crippen LogP contribution is 2.49. The Labute approximate surface area is 202 Å². The van der Waals surface area contributed by atoms with E-state index in [0.29, 0.717) is 11.8 Å². The third kappa shape index (κ3) is 16.2. The minimum absolute atomic E-state index is 0.180. The van der Waals surface area contributed by atoms with Crippen molar-refractivity contribution >= 4 is 0 Å². The Morgan fingerprint density at radius 3 is 1.09 bits per heavy atom. The summed E-state index contributed by atoms with van der Waals surface area (Å²) in [4.78, 5) is 0. The largest absolute Gasteiger partial charge is 0.431 e. The fourth-order valence-electron chi connectivity index (χ4n) is 3.94. The summed E-state index contributed by atoms with van der Waals surface area (Å²) in [7, 11) is 0. The lowest BCUT2D eigenvalue weighted by Gasteiger charge is -2.29. The lowest BCUT2D eigenvalue weighted by atomic mass is 9.91. The second-order valence-corrected chi connectivity index (χ2v) is 10.8. The summed E-state index contributed by atoms with van der Waals surface area (Å²) < 4.78 is 94.0. The first-order valence-electron chi connectivity index (χ1n) is 13.1. The first kappa shape index (κ1) is 33.5. The average Bonchev–Trinajstić information content (AvgIpc) is 2.69. The van der Waals surface area contributed by atoms with Crippen LogP contribution in [0.1, 0.15) is 130 Å². The molecule has 34 heavy (non-hydrogen) atoms. The summed E-state index contributed by atoms with van der Waals surface area (Å²) in [5, 5.41) is 0. The van der Waals surface area contributed by atoms with Crippen LogP contribution in [0.4, 0.5) is 30.7 Å². The quantitative estimate of drug-likeness (QED) is 0.117. The van der Waals surface area contributed by atoms with Gasteiger partial charge in [-0.05, 0) is 37.5 Å². The third-order valence-electron chi connectivity index (χ3n) is 6.17. The fraction of sp³-hybridized carbons (Fsp3) is 1.00. The van der Waals surface area contributed by atoms with Gasteiger partial charge in [-0.3, -0.25) is 0 Å². The molecule has 0 spiro atoms. The van der Waals surface area contributed by atoms with E-state index in [2.05, 4.69) is 20.8 Å². The maximum Gasteiger partial charge on any atom is 0.431 e. The predicted molar refractivity (Wildman–Crippen MR) is 125 cm³/mol. The van der Waals surface area contributed by atoms with Crippen LogP contribution in [-0.2, 0) is 4.74 Å². The van der Waals surface area contributed by atoms with E-state index in [1.807, 2.05) is 0 Å².